The lowest BCUT2D eigenvalue weighted by atomic mass is 10.1. The van der Waals surface area contributed by atoms with Gasteiger partial charge in [0.25, 0.3) is 5.91 Å². The summed E-state index contributed by atoms with van der Waals surface area (Å²) in [6.07, 6.45) is 3.04. The SMILES string of the molecule is Cc1c(C(=O)N2CCN(S(=O)(=O)c3c[nH]c4ncccc34)CC2)oc2ccc(F)cc12. The first-order valence-corrected chi connectivity index (χ1v) is 11.2. The predicted molar refractivity (Wildman–Crippen MR) is 112 cm³/mol. The number of carbonyl (C=O) groups excluding carboxylic acids is 1. The van der Waals surface area contributed by atoms with E-state index in [0.29, 0.717) is 27.6 Å². The lowest BCUT2D eigenvalue weighted by Crippen LogP contribution is -2.50. The fourth-order valence-corrected chi connectivity index (χ4v) is 5.53. The molecule has 1 amide bonds. The highest BCUT2D eigenvalue weighted by molar-refractivity contribution is 7.89. The number of nitrogens with one attached hydrogen (secondary N) is 1. The van der Waals surface area contributed by atoms with Gasteiger partial charge in [0.1, 0.15) is 21.9 Å². The number of aromatic amines is 1. The van der Waals surface area contributed by atoms with Crippen molar-refractivity contribution in [3.63, 3.8) is 0 Å². The summed E-state index contributed by atoms with van der Waals surface area (Å²) < 4.78 is 46.8. The molecule has 8 nitrogen and oxygen atoms in total. The molecule has 0 unspecified atom stereocenters. The molecule has 0 atom stereocenters. The first-order chi connectivity index (χ1) is 14.9. The Morgan fingerprint density at radius 3 is 2.71 bits per heavy atom. The Balaban J connectivity index is 1.35. The van der Waals surface area contributed by atoms with Crippen LogP contribution in [0.4, 0.5) is 4.39 Å². The lowest BCUT2D eigenvalue weighted by molar-refractivity contribution is 0.0667. The summed E-state index contributed by atoms with van der Waals surface area (Å²) in [5.41, 5.74) is 1.52. The van der Waals surface area contributed by atoms with Crippen LogP contribution in [0.5, 0.6) is 0 Å². The molecule has 10 heteroatoms. The highest BCUT2D eigenvalue weighted by Crippen LogP contribution is 2.28. The van der Waals surface area contributed by atoms with Gasteiger partial charge in [0.2, 0.25) is 10.0 Å². The van der Waals surface area contributed by atoms with Gasteiger partial charge in [-0.1, -0.05) is 0 Å². The van der Waals surface area contributed by atoms with E-state index in [4.69, 9.17) is 4.42 Å². The van der Waals surface area contributed by atoms with Gasteiger partial charge in [-0.25, -0.2) is 17.8 Å². The molecule has 31 heavy (non-hydrogen) atoms. The van der Waals surface area contributed by atoms with Crippen molar-refractivity contribution in [2.45, 2.75) is 11.8 Å². The number of sulfonamides is 1. The summed E-state index contributed by atoms with van der Waals surface area (Å²) in [7, 11) is -3.73. The summed E-state index contributed by atoms with van der Waals surface area (Å²) in [6, 6.07) is 7.51. The number of nitrogens with zero attached hydrogens (tertiary/aromatic N) is 3. The van der Waals surface area contributed by atoms with Crippen molar-refractivity contribution in [1.29, 1.82) is 0 Å². The van der Waals surface area contributed by atoms with Crippen LogP contribution in [0.1, 0.15) is 16.1 Å². The molecule has 0 radical (unpaired) electrons. The second kappa shape index (κ2) is 7.17. The Labute approximate surface area is 177 Å². The first-order valence-electron chi connectivity index (χ1n) is 9.76. The molecule has 1 fully saturated rings. The maximum atomic E-state index is 13.5. The quantitative estimate of drug-likeness (QED) is 0.526. The number of rotatable bonds is 3. The van der Waals surface area contributed by atoms with Gasteiger partial charge < -0.3 is 14.3 Å². The van der Waals surface area contributed by atoms with Crippen LogP contribution in [0.15, 0.2) is 52.0 Å². The number of benzene rings is 1. The summed E-state index contributed by atoms with van der Waals surface area (Å²) in [5.74, 6) is -0.580. The number of aryl methyl sites for hydroxylation is 1. The third kappa shape index (κ3) is 3.19. The van der Waals surface area contributed by atoms with Gasteiger partial charge in [-0.3, -0.25) is 4.79 Å². The second-order valence-corrected chi connectivity index (χ2v) is 9.35. The molecule has 1 N–H and O–H groups in total. The number of piperazine rings is 1. The third-order valence-electron chi connectivity index (χ3n) is 5.65. The van der Waals surface area contributed by atoms with Crippen LogP contribution in [0.25, 0.3) is 22.0 Å². The van der Waals surface area contributed by atoms with Crippen molar-refractivity contribution in [1.82, 2.24) is 19.2 Å². The number of amides is 1. The first kappa shape index (κ1) is 19.7. The molecule has 4 heterocycles. The molecular weight excluding hydrogens is 423 g/mol. The molecular formula is C21H19FN4O4S. The minimum atomic E-state index is -3.73. The zero-order valence-electron chi connectivity index (χ0n) is 16.6. The van der Waals surface area contributed by atoms with Crippen LogP contribution < -0.4 is 0 Å². The smallest absolute Gasteiger partial charge is 0.289 e. The van der Waals surface area contributed by atoms with Crippen LogP contribution >= 0.6 is 0 Å². The van der Waals surface area contributed by atoms with Crippen LogP contribution in [-0.2, 0) is 10.0 Å². The highest BCUT2D eigenvalue weighted by atomic mass is 32.2. The molecule has 1 aromatic carbocycles. The Kier molecular flexibility index (Phi) is 4.56. The highest BCUT2D eigenvalue weighted by Gasteiger charge is 2.33. The van der Waals surface area contributed by atoms with E-state index in [9.17, 15) is 17.6 Å². The fourth-order valence-electron chi connectivity index (χ4n) is 3.96. The van der Waals surface area contributed by atoms with Crippen LogP contribution in [0.3, 0.4) is 0 Å². The number of furan rings is 1. The standard InChI is InChI=1S/C21H19FN4O4S/c1-13-16-11-14(22)4-5-17(16)30-19(13)21(27)25-7-9-26(10-8-25)31(28,29)18-12-24-20-15(18)3-2-6-23-20/h2-6,11-12H,7-10H2,1H3,(H,23,24). The van der Waals surface area contributed by atoms with Crippen LogP contribution in [0, 0.1) is 12.7 Å². The number of aromatic nitrogens is 2. The Morgan fingerprint density at radius 2 is 1.94 bits per heavy atom. The van der Waals surface area contributed by atoms with Crippen molar-refractivity contribution in [3.05, 3.63) is 59.9 Å². The molecule has 5 rings (SSSR count). The molecule has 1 saturated heterocycles. The van der Waals surface area contributed by atoms with Gasteiger partial charge in [0, 0.05) is 54.9 Å². The minimum Gasteiger partial charge on any atom is -0.451 e. The van der Waals surface area contributed by atoms with Crippen molar-refractivity contribution in [2.75, 3.05) is 26.2 Å². The summed E-state index contributed by atoms with van der Waals surface area (Å²) in [4.78, 5) is 21.7. The van der Waals surface area contributed by atoms with Gasteiger partial charge in [-0.05, 0) is 37.3 Å². The van der Waals surface area contributed by atoms with E-state index < -0.39 is 15.8 Å². The predicted octanol–water partition coefficient (Wildman–Crippen LogP) is 2.90. The zero-order chi connectivity index (χ0) is 21.8. The van der Waals surface area contributed by atoms with Crippen LogP contribution in [-0.4, -0.2) is 59.7 Å². The van der Waals surface area contributed by atoms with E-state index in [-0.39, 0.29) is 42.7 Å². The maximum Gasteiger partial charge on any atom is 0.289 e. The van der Waals surface area contributed by atoms with E-state index in [2.05, 4.69) is 9.97 Å². The van der Waals surface area contributed by atoms with E-state index in [0.717, 1.165) is 0 Å². The molecule has 4 aromatic rings. The van der Waals surface area contributed by atoms with Crippen molar-refractivity contribution in [2.24, 2.45) is 0 Å². The molecule has 0 aliphatic carbocycles. The number of carbonyl (C=O) groups is 1. The van der Waals surface area contributed by atoms with E-state index >= 15 is 0 Å². The number of hydrogen-bond acceptors (Lipinski definition) is 5. The Morgan fingerprint density at radius 1 is 1.16 bits per heavy atom. The molecule has 3 aromatic heterocycles. The molecule has 1 aliphatic rings. The van der Waals surface area contributed by atoms with E-state index in [1.807, 2.05) is 0 Å². The fraction of sp³-hybridized carbons (Fsp3) is 0.238. The number of pyridine rings is 1. The summed E-state index contributed by atoms with van der Waals surface area (Å²) in [5, 5.41) is 1.09. The molecule has 160 valence electrons. The molecule has 0 spiro atoms. The summed E-state index contributed by atoms with van der Waals surface area (Å²) in [6.45, 7) is 2.49. The second-order valence-electron chi connectivity index (χ2n) is 7.45. The molecule has 0 saturated carbocycles. The van der Waals surface area contributed by atoms with E-state index in [1.54, 1.807) is 30.2 Å². The maximum absolute atomic E-state index is 13.5. The summed E-state index contributed by atoms with van der Waals surface area (Å²) >= 11 is 0. The van der Waals surface area contributed by atoms with Gasteiger partial charge in [0.15, 0.2) is 5.76 Å². The molecule has 1 aliphatic heterocycles. The number of hydrogen-bond donors (Lipinski definition) is 1. The van der Waals surface area contributed by atoms with Gasteiger partial charge in [0.05, 0.1) is 0 Å². The number of H-pyrrole nitrogens is 1. The zero-order valence-corrected chi connectivity index (χ0v) is 17.4. The average Bonchev–Trinajstić information content (AvgIpc) is 3.35. The Hall–Kier alpha value is -3.24. The molecule has 0 bridgehead atoms. The van der Waals surface area contributed by atoms with Gasteiger partial charge in [-0.2, -0.15) is 4.31 Å². The van der Waals surface area contributed by atoms with Crippen molar-refractivity contribution < 1.29 is 22.0 Å². The normalized spacial score (nSPS) is 15.7. The van der Waals surface area contributed by atoms with Crippen LogP contribution in [0.2, 0.25) is 0 Å². The largest absolute Gasteiger partial charge is 0.451 e. The minimum absolute atomic E-state index is 0.152. The van der Waals surface area contributed by atoms with Gasteiger partial charge >= 0.3 is 0 Å². The topological polar surface area (TPSA) is 99.5 Å². The third-order valence-corrected chi connectivity index (χ3v) is 7.59. The lowest BCUT2D eigenvalue weighted by Gasteiger charge is -2.33. The van der Waals surface area contributed by atoms with Crippen molar-refractivity contribution >= 4 is 37.9 Å². The number of halogens is 1. The monoisotopic (exact) mass is 442 g/mol. The number of fused-ring (bicyclic) bond motifs is 2. The Bertz CT molecular complexity index is 1420. The van der Waals surface area contributed by atoms with Crippen molar-refractivity contribution in [3.8, 4) is 0 Å². The average molecular weight is 442 g/mol. The van der Waals surface area contributed by atoms with E-state index in [1.165, 1.54) is 28.7 Å². The van der Waals surface area contributed by atoms with Gasteiger partial charge in [-0.15, -0.1) is 0 Å².